The van der Waals surface area contributed by atoms with E-state index < -0.39 is 0 Å². The fourth-order valence-corrected chi connectivity index (χ4v) is 2.63. The smallest absolute Gasteiger partial charge is 0.213 e. The summed E-state index contributed by atoms with van der Waals surface area (Å²) in [5.41, 5.74) is 8.41. The van der Waals surface area contributed by atoms with Crippen LogP contribution in [0.1, 0.15) is 37.3 Å². The van der Waals surface area contributed by atoms with E-state index in [1.165, 1.54) is 5.56 Å². The fraction of sp³-hybridized carbons (Fsp3) is 0.412. The van der Waals surface area contributed by atoms with Gasteiger partial charge in [-0.25, -0.2) is 9.97 Å². The van der Waals surface area contributed by atoms with Crippen molar-refractivity contribution in [2.45, 2.75) is 32.6 Å². The van der Waals surface area contributed by atoms with E-state index >= 15 is 0 Å². The number of anilines is 1. The van der Waals surface area contributed by atoms with Crippen molar-refractivity contribution in [1.29, 1.82) is 0 Å². The summed E-state index contributed by atoms with van der Waals surface area (Å²) < 4.78 is 5.17. The molecule has 0 aromatic carbocycles. The summed E-state index contributed by atoms with van der Waals surface area (Å²) in [6, 6.07) is 8.06. The molecule has 0 aliphatic rings. The highest BCUT2D eigenvalue weighted by Gasteiger charge is 2.18. The molecule has 0 spiro atoms. The predicted molar refractivity (Wildman–Crippen MR) is 85.3 cm³/mol. The Kier molecular flexibility index (Phi) is 5.14. The van der Waals surface area contributed by atoms with E-state index in [1.807, 2.05) is 18.2 Å². The molecular formula is C17H23N3O. The third-order valence-corrected chi connectivity index (χ3v) is 3.83. The SMILES string of the molecule is COc1cc(CC[C@H](c2cccnc2N)C(C)C)ccn1. The lowest BCUT2D eigenvalue weighted by atomic mass is 9.84. The molecule has 4 heteroatoms. The lowest BCUT2D eigenvalue weighted by molar-refractivity contribution is 0.397. The fourth-order valence-electron chi connectivity index (χ4n) is 2.63. The van der Waals surface area contributed by atoms with Gasteiger partial charge in [0.05, 0.1) is 7.11 Å². The molecule has 2 heterocycles. The second-order valence-corrected chi connectivity index (χ2v) is 5.57. The summed E-state index contributed by atoms with van der Waals surface area (Å²) >= 11 is 0. The Hall–Kier alpha value is -2.10. The van der Waals surface area contributed by atoms with E-state index in [2.05, 4.69) is 29.9 Å². The summed E-state index contributed by atoms with van der Waals surface area (Å²) in [5.74, 6) is 2.22. The van der Waals surface area contributed by atoms with Gasteiger partial charge in [0.2, 0.25) is 5.88 Å². The number of aromatic nitrogens is 2. The number of nitrogens with two attached hydrogens (primary N) is 1. The minimum Gasteiger partial charge on any atom is -0.481 e. The third-order valence-electron chi connectivity index (χ3n) is 3.83. The Balaban J connectivity index is 2.12. The van der Waals surface area contributed by atoms with Crippen LogP contribution in [0, 0.1) is 5.92 Å². The lowest BCUT2D eigenvalue weighted by Crippen LogP contribution is -2.11. The molecule has 0 unspecified atom stereocenters. The van der Waals surface area contributed by atoms with Crippen LogP contribution in [-0.2, 0) is 6.42 Å². The molecule has 0 saturated carbocycles. The van der Waals surface area contributed by atoms with Crippen LogP contribution in [0.3, 0.4) is 0 Å². The Morgan fingerprint density at radius 3 is 2.67 bits per heavy atom. The Labute approximate surface area is 126 Å². The first-order valence-electron chi connectivity index (χ1n) is 7.31. The zero-order valence-electron chi connectivity index (χ0n) is 12.9. The molecule has 0 radical (unpaired) electrons. The number of aryl methyl sites for hydroxylation is 1. The average molecular weight is 285 g/mol. The maximum atomic E-state index is 6.03. The van der Waals surface area contributed by atoms with Crippen LogP contribution in [-0.4, -0.2) is 17.1 Å². The molecule has 0 fully saturated rings. The third kappa shape index (κ3) is 3.94. The second kappa shape index (κ2) is 7.07. The highest BCUT2D eigenvalue weighted by Crippen LogP contribution is 2.32. The topological polar surface area (TPSA) is 61.0 Å². The number of nitrogens with zero attached hydrogens (tertiary/aromatic N) is 2. The van der Waals surface area contributed by atoms with Crippen LogP contribution < -0.4 is 10.5 Å². The van der Waals surface area contributed by atoms with Gasteiger partial charge in [-0.15, -0.1) is 0 Å². The highest BCUT2D eigenvalue weighted by atomic mass is 16.5. The van der Waals surface area contributed by atoms with Gasteiger partial charge in [0, 0.05) is 18.5 Å². The molecule has 2 rings (SSSR count). The van der Waals surface area contributed by atoms with Gasteiger partial charge in [-0.05, 0) is 47.9 Å². The van der Waals surface area contributed by atoms with Crippen molar-refractivity contribution in [1.82, 2.24) is 9.97 Å². The first-order valence-corrected chi connectivity index (χ1v) is 7.31. The number of hydrogen-bond acceptors (Lipinski definition) is 4. The molecule has 0 bridgehead atoms. The van der Waals surface area contributed by atoms with E-state index in [0.29, 0.717) is 23.5 Å². The number of rotatable bonds is 6. The summed E-state index contributed by atoms with van der Waals surface area (Å²) in [5, 5.41) is 0. The number of methoxy groups -OCH3 is 1. The first-order chi connectivity index (χ1) is 10.1. The zero-order chi connectivity index (χ0) is 15.2. The van der Waals surface area contributed by atoms with Crippen molar-refractivity contribution in [3.8, 4) is 5.88 Å². The van der Waals surface area contributed by atoms with Crippen LogP contribution in [0.2, 0.25) is 0 Å². The Bertz CT molecular complexity index is 584. The van der Waals surface area contributed by atoms with Gasteiger partial charge in [-0.2, -0.15) is 0 Å². The molecular weight excluding hydrogens is 262 g/mol. The molecule has 0 saturated heterocycles. The van der Waals surface area contributed by atoms with E-state index in [-0.39, 0.29) is 0 Å². The monoisotopic (exact) mass is 285 g/mol. The predicted octanol–water partition coefficient (Wildman–Crippen LogP) is 3.44. The Morgan fingerprint density at radius 1 is 1.19 bits per heavy atom. The van der Waals surface area contributed by atoms with Gasteiger partial charge < -0.3 is 10.5 Å². The number of pyridine rings is 2. The lowest BCUT2D eigenvalue weighted by Gasteiger charge is -2.22. The molecule has 0 aliphatic heterocycles. The van der Waals surface area contributed by atoms with E-state index in [4.69, 9.17) is 10.5 Å². The molecule has 2 N–H and O–H groups in total. The van der Waals surface area contributed by atoms with Crippen LogP contribution in [0.25, 0.3) is 0 Å². The van der Waals surface area contributed by atoms with Gasteiger partial charge in [0.15, 0.2) is 0 Å². The summed E-state index contributed by atoms with van der Waals surface area (Å²) in [7, 11) is 1.64. The van der Waals surface area contributed by atoms with Crippen molar-refractivity contribution in [3.05, 3.63) is 47.8 Å². The van der Waals surface area contributed by atoms with Crippen LogP contribution >= 0.6 is 0 Å². The van der Waals surface area contributed by atoms with Crippen molar-refractivity contribution in [3.63, 3.8) is 0 Å². The van der Waals surface area contributed by atoms with Crippen LogP contribution in [0.4, 0.5) is 5.82 Å². The summed E-state index contributed by atoms with van der Waals surface area (Å²) in [6.07, 6.45) is 5.53. The zero-order valence-corrected chi connectivity index (χ0v) is 12.9. The molecule has 21 heavy (non-hydrogen) atoms. The van der Waals surface area contributed by atoms with E-state index in [1.54, 1.807) is 19.5 Å². The standard InChI is InChI=1S/C17H23N3O/c1-12(2)14(15-5-4-9-20-17(15)18)7-6-13-8-10-19-16(11-13)21-3/h4-5,8-12,14H,6-7H2,1-3H3,(H2,18,20)/t14-/m0/s1. The highest BCUT2D eigenvalue weighted by molar-refractivity contribution is 5.41. The minimum atomic E-state index is 0.401. The maximum absolute atomic E-state index is 6.03. The van der Waals surface area contributed by atoms with Crippen molar-refractivity contribution in [2.75, 3.05) is 12.8 Å². The summed E-state index contributed by atoms with van der Waals surface area (Å²) in [6.45, 7) is 4.45. The second-order valence-electron chi connectivity index (χ2n) is 5.57. The van der Waals surface area contributed by atoms with Gasteiger partial charge >= 0.3 is 0 Å². The first kappa shape index (κ1) is 15.3. The Morgan fingerprint density at radius 2 is 2.00 bits per heavy atom. The quantitative estimate of drug-likeness (QED) is 0.883. The molecule has 2 aromatic heterocycles. The van der Waals surface area contributed by atoms with E-state index in [9.17, 15) is 0 Å². The maximum Gasteiger partial charge on any atom is 0.213 e. The largest absolute Gasteiger partial charge is 0.481 e. The number of ether oxygens (including phenoxy) is 1. The van der Waals surface area contributed by atoms with Crippen molar-refractivity contribution >= 4 is 5.82 Å². The van der Waals surface area contributed by atoms with Gasteiger partial charge in [-0.3, -0.25) is 0 Å². The van der Waals surface area contributed by atoms with Gasteiger partial charge in [0.1, 0.15) is 5.82 Å². The molecule has 4 nitrogen and oxygen atoms in total. The molecule has 0 aliphatic carbocycles. The van der Waals surface area contributed by atoms with Gasteiger partial charge in [-0.1, -0.05) is 19.9 Å². The molecule has 1 atom stereocenters. The molecule has 112 valence electrons. The minimum absolute atomic E-state index is 0.401. The molecule has 2 aromatic rings. The average Bonchev–Trinajstić information content (AvgIpc) is 2.49. The van der Waals surface area contributed by atoms with Crippen LogP contribution in [0.15, 0.2) is 36.7 Å². The van der Waals surface area contributed by atoms with E-state index in [0.717, 1.165) is 18.4 Å². The van der Waals surface area contributed by atoms with Gasteiger partial charge in [0.25, 0.3) is 0 Å². The number of hydrogen-bond donors (Lipinski definition) is 1. The van der Waals surface area contributed by atoms with Crippen LogP contribution in [0.5, 0.6) is 5.88 Å². The normalized spacial score (nSPS) is 12.4. The summed E-state index contributed by atoms with van der Waals surface area (Å²) in [4.78, 5) is 8.35. The molecule has 0 amide bonds. The van der Waals surface area contributed by atoms with Crippen molar-refractivity contribution < 1.29 is 4.74 Å². The number of nitrogen functional groups attached to an aromatic ring is 1. The van der Waals surface area contributed by atoms with Crippen molar-refractivity contribution in [2.24, 2.45) is 5.92 Å².